The second-order valence-corrected chi connectivity index (χ2v) is 4.66. The molecule has 3 radical (unpaired) electrons. The van der Waals surface area contributed by atoms with Crippen molar-refractivity contribution in [1.82, 2.24) is 0 Å². The highest BCUT2D eigenvalue weighted by Gasteiger charge is 2.12. The second kappa shape index (κ2) is 6.93. The largest absolute Gasteiger partial charge is 0.552 e. The summed E-state index contributed by atoms with van der Waals surface area (Å²) < 4.78 is 31.4. The second-order valence-electron chi connectivity index (χ2n) is 2.53. The van der Waals surface area contributed by atoms with Gasteiger partial charge in [0.1, 0.15) is 0 Å². The van der Waals surface area contributed by atoms with Gasteiger partial charge in [-0.2, -0.15) is 0 Å². The number of benzene rings is 1. The zero-order valence-electron chi connectivity index (χ0n) is 8.41. The predicted octanol–water partition coefficient (Wildman–Crippen LogP) is 2.81. The van der Waals surface area contributed by atoms with Gasteiger partial charge in [0.05, 0.1) is 0 Å². The highest BCUT2D eigenvalue weighted by atomic mass is 31.1. The first-order valence-electron chi connectivity index (χ1n) is 3.85. The monoisotopic (exact) mass is 259 g/mol. The highest BCUT2D eigenvalue weighted by Crippen LogP contribution is 2.28. The van der Waals surface area contributed by atoms with Gasteiger partial charge in [-0.3, -0.25) is 9.05 Å². The van der Waals surface area contributed by atoms with E-state index in [1.165, 1.54) is 13.3 Å². The normalized spacial score (nSPS) is 11.1. The Hall–Kier alpha value is -0.448. The topological polar surface area (TPSA) is 52.6 Å². The van der Waals surface area contributed by atoms with E-state index in [4.69, 9.17) is 9.05 Å². The molecule has 1 aromatic rings. The zero-order chi connectivity index (χ0) is 10.6. The van der Waals surface area contributed by atoms with E-state index in [1.807, 2.05) is 0 Å². The van der Waals surface area contributed by atoms with Gasteiger partial charge in [0.15, 0.2) is 24.8 Å². The van der Waals surface area contributed by atoms with Crippen LogP contribution in [-0.2, 0) is 9.13 Å². The van der Waals surface area contributed by atoms with E-state index in [2.05, 4.69) is 0 Å². The van der Waals surface area contributed by atoms with Gasteiger partial charge in [0.25, 0.3) is 0 Å². The van der Waals surface area contributed by atoms with E-state index in [0.717, 1.165) is 0 Å². The highest BCUT2D eigenvalue weighted by molar-refractivity contribution is 7.38. The summed E-state index contributed by atoms with van der Waals surface area (Å²) in [6.07, 6.45) is 0. The molecule has 0 aliphatic carbocycles. The van der Waals surface area contributed by atoms with Crippen LogP contribution in [0.5, 0.6) is 11.5 Å². The lowest BCUT2D eigenvalue weighted by Gasteiger charge is -1.93. The summed E-state index contributed by atoms with van der Waals surface area (Å²) in [5, 5.41) is 0. The Kier molecular flexibility index (Phi) is 6.72. The fraction of sp³-hybridized carbons (Fsp3) is 0.250. The molecule has 0 bridgehead atoms. The minimum atomic E-state index is -1.65. The van der Waals surface area contributed by atoms with E-state index in [-0.39, 0.29) is 17.4 Å². The Morgan fingerprint density at radius 3 is 1.33 bits per heavy atom. The average Bonchev–Trinajstić information content (AvgIpc) is 2.06. The molecule has 0 amide bonds. The first kappa shape index (κ1) is 14.6. The van der Waals surface area contributed by atoms with Crippen LogP contribution in [0.25, 0.3) is 0 Å². The summed E-state index contributed by atoms with van der Waals surface area (Å²) in [6.45, 7) is 2.95. The Morgan fingerprint density at radius 1 is 0.867 bits per heavy atom. The van der Waals surface area contributed by atoms with Crippen molar-refractivity contribution in [2.24, 2.45) is 0 Å². The van der Waals surface area contributed by atoms with Crippen LogP contribution >= 0.6 is 16.1 Å². The molecule has 0 aliphatic rings. The van der Waals surface area contributed by atoms with Gasteiger partial charge in [-0.25, -0.2) is 0 Å². The Morgan fingerprint density at radius 2 is 1.13 bits per heavy atom. The van der Waals surface area contributed by atoms with E-state index in [1.54, 1.807) is 24.3 Å². The van der Waals surface area contributed by atoms with Crippen molar-refractivity contribution >= 4 is 33.4 Å². The van der Waals surface area contributed by atoms with Gasteiger partial charge in [0.2, 0.25) is 0 Å². The van der Waals surface area contributed by atoms with Gasteiger partial charge < -0.3 is 0 Å². The van der Waals surface area contributed by atoms with Gasteiger partial charge in [0, 0.05) is 17.4 Å². The molecule has 1 rings (SSSR count). The maximum atomic E-state index is 10.7. The van der Waals surface area contributed by atoms with Crippen molar-refractivity contribution in [1.29, 1.82) is 0 Å². The quantitative estimate of drug-likeness (QED) is 0.616. The van der Waals surface area contributed by atoms with Crippen LogP contribution in [0.15, 0.2) is 24.3 Å². The van der Waals surface area contributed by atoms with Crippen molar-refractivity contribution in [3.8, 4) is 11.5 Å². The van der Waals surface area contributed by atoms with E-state index >= 15 is 0 Å². The molecule has 2 atom stereocenters. The van der Waals surface area contributed by atoms with Crippen molar-refractivity contribution in [2.75, 3.05) is 13.3 Å². The molecular formula is C8H10AlO4P2+2. The average molecular weight is 259 g/mol. The number of hydrogen-bond donors (Lipinski definition) is 0. The maximum Gasteiger partial charge on any atom is 0.552 e. The molecule has 15 heavy (non-hydrogen) atoms. The molecule has 7 heteroatoms. The summed E-state index contributed by atoms with van der Waals surface area (Å²) in [4.78, 5) is 0. The van der Waals surface area contributed by atoms with Gasteiger partial charge in [-0.1, -0.05) is 0 Å². The van der Waals surface area contributed by atoms with Crippen LogP contribution in [0.3, 0.4) is 0 Å². The van der Waals surface area contributed by atoms with Crippen LogP contribution in [0.1, 0.15) is 0 Å². The molecule has 2 unspecified atom stereocenters. The Bertz CT molecular complexity index is 317. The standard InChI is InChI=1S/C8H10O4P2.Al/c1-13(9)11-7-3-5-8(6-4-7)12-14(2)10;/h3-6H,1-2H3;/q+2;. The lowest BCUT2D eigenvalue weighted by atomic mass is 10.3. The minimum absolute atomic E-state index is 0. The molecule has 1 aromatic carbocycles. The van der Waals surface area contributed by atoms with E-state index < -0.39 is 16.1 Å². The minimum Gasteiger partial charge on any atom is -0.255 e. The summed E-state index contributed by atoms with van der Waals surface area (Å²) in [5.41, 5.74) is 0. The van der Waals surface area contributed by atoms with Crippen molar-refractivity contribution < 1.29 is 18.2 Å². The third kappa shape index (κ3) is 5.87. The molecule has 0 aliphatic heterocycles. The molecule has 0 heterocycles. The molecule has 4 nitrogen and oxygen atoms in total. The molecule has 77 valence electrons. The Balaban J connectivity index is 0.00000196. The molecule has 0 aromatic heterocycles. The molecule has 0 N–H and O–H groups in total. The first-order valence-corrected chi connectivity index (χ1v) is 7.10. The number of rotatable bonds is 4. The third-order valence-electron chi connectivity index (χ3n) is 1.29. The van der Waals surface area contributed by atoms with Crippen molar-refractivity contribution in [2.45, 2.75) is 0 Å². The zero-order valence-corrected chi connectivity index (χ0v) is 11.4. The Labute approximate surface area is 101 Å². The van der Waals surface area contributed by atoms with Gasteiger partial charge in [-0.05, 0) is 33.4 Å². The third-order valence-corrected chi connectivity index (χ3v) is 2.23. The van der Waals surface area contributed by atoms with Gasteiger partial charge >= 0.3 is 16.1 Å². The lowest BCUT2D eigenvalue weighted by Crippen LogP contribution is -1.81. The lowest BCUT2D eigenvalue weighted by molar-refractivity contribution is 0.503. The molecular weight excluding hydrogens is 249 g/mol. The van der Waals surface area contributed by atoms with Crippen molar-refractivity contribution in [3.05, 3.63) is 24.3 Å². The van der Waals surface area contributed by atoms with Crippen molar-refractivity contribution in [3.63, 3.8) is 0 Å². The maximum absolute atomic E-state index is 10.7. The molecule has 0 spiro atoms. The number of hydrogen-bond acceptors (Lipinski definition) is 4. The molecule has 0 saturated carbocycles. The predicted molar refractivity (Wildman–Crippen MR) is 60.5 cm³/mol. The van der Waals surface area contributed by atoms with E-state index in [0.29, 0.717) is 11.5 Å². The van der Waals surface area contributed by atoms with Gasteiger partial charge in [-0.15, -0.1) is 0 Å². The summed E-state index contributed by atoms with van der Waals surface area (Å²) >= 11 is 0. The summed E-state index contributed by atoms with van der Waals surface area (Å²) in [6, 6.07) is 6.46. The van der Waals surface area contributed by atoms with Crippen LogP contribution < -0.4 is 9.05 Å². The van der Waals surface area contributed by atoms with E-state index in [9.17, 15) is 9.13 Å². The fourth-order valence-corrected chi connectivity index (χ4v) is 1.70. The smallest absolute Gasteiger partial charge is 0.255 e. The first-order chi connectivity index (χ1) is 6.58. The summed E-state index contributed by atoms with van der Waals surface area (Å²) in [7, 11) is -3.30. The summed E-state index contributed by atoms with van der Waals surface area (Å²) in [5.74, 6) is 1.01. The van der Waals surface area contributed by atoms with Crippen LogP contribution in [0, 0.1) is 0 Å². The fourth-order valence-electron chi connectivity index (χ4n) is 0.858. The van der Waals surface area contributed by atoms with Crippen LogP contribution in [0.4, 0.5) is 0 Å². The van der Waals surface area contributed by atoms with Crippen LogP contribution in [-0.4, -0.2) is 30.7 Å². The molecule has 0 saturated heterocycles. The van der Waals surface area contributed by atoms with Crippen LogP contribution in [0.2, 0.25) is 0 Å². The molecule has 0 fully saturated rings. The SMILES string of the molecule is C[P+](=O)Oc1ccc(O[P+](C)=O)cc1.[Al].